The molecule has 3 rings (SSSR count). The molecule has 3 aromatic rings. The molecule has 0 saturated carbocycles. The molecule has 0 fully saturated rings. The molecule has 5 nitrogen and oxygen atoms in total. The average molecular weight is 438 g/mol. The Bertz CT molecular complexity index is 1090. The van der Waals surface area contributed by atoms with Gasteiger partial charge in [-0.1, -0.05) is 61.0 Å². The van der Waals surface area contributed by atoms with Gasteiger partial charge in [-0.15, -0.1) is 0 Å². The monoisotopic (exact) mass is 437 g/mol. The Morgan fingerprint density at radius 1 is 1.06 bits per heavy atom. The van der Waals surface area contributed by atoms with Crippen molar-refractivity contribution in [3.63, 3.8) is 0 Å². The zero-order valence-electron chi connectivity index (χ0n) is 18.1. The van der Waals surface area contributed by atoms with Crippen LogP contribution in [0, 0.1) is 0 Å². The van der Waals surface area contributed by atoms with E-state index in [0.717, 1.165) is 17.5 Å². The summed E-state index contributed by atoms with van der Waals surface area (Å²) >= 11 is 6.22. The molecule has 0 spiro atoms. The van der Waals surface area contributed by atoms with Gasteiger partial charge in [0, 0.05) is 23.8 Å². The zero-order chi connectivity index (χ0) is 22.4. The van der Waals surface area contributed by atoms with Gasteiger partial charge in [0.25, 0.3) is 11.5 Å². The van der Waals surface area contributed by atoms with Gasteiger partial charge in [0.05, 0.1) is 18.2 Å². The smallest absolute Gasteiger partial charge is 0.252 e. The zero-order valence-corrected chi connectivity index (χ0v) is 18.9. The van der Waals surface area contributed by atoms with E-state index in [1.165, 1.54) is 16.2 Å². The van der Waals surface area contributed by atoms with Crippen molar-refractivity contribution in [3.8, 4) is 0 Å². The number of carbonyl (C=O) groups is 1. The molecule has 1 amide bonds. The highest BCUT2D eigenvalue weighted by Crippen LogP contribution is 2.19. The minimum absolute atomic E-state index is 0.0453. The lowest BCUT2D eigenvalue weighted by Gasteiger charge is -2.25. The van der Waals surface area contributed by atoms with E-state index in [4.69, 9.17) is 11.6 Å². The van der Waals surface area contributed by atoms with Gasteiger partial charge >= 0.3 is 0 Å². The van der Waals surface area contributed by atoms with Crippen LogP contribution in [-0.2, 0) is 13.0 Å². The van der Waals surface area contributed by atoms with Crippen LogP contribution < -0.4 is 10.9 Å². The van der Waals surface area contributed by atoms with Crippen LogP contribution in [0.3, 0.4) is 0 Å². The summed E-state index contributed by atoms with van der Waals surface area (Å²) in [5.41, 5.74) is 3.51. The molecule has 6 heteroatoms. The highest BCUT2D eigenvalue weighted by Gasteiger charge is 2.16. The molecule has 2 aromatic carbocycles. The van der Waals surface area contributed by atoms with Crippen LogP contribution in [-0.4, -0.2) is 36.0 Å². The summed E-state index contributed by atoms with van der Waals surface area (Å²) in [4.78, 5) is 27.2. The maximum atomic E-state index is 12.8. The van der Waals surface area contributed by atoms with Crippen LogP contribution in [0.2, 0.25) is 5.02 Å². The van der Waals surface area contributed by atoms with Gasteiger partial charge in [-0.25, -0.2) is 0 Å². The van der Waals surface area contributed by atoms with Crippen molar-refractivity contribution in [2.75, 3.05) is 20.6 Å². The number of amides is 1. The largest absolute Gasteiger partial charge is 0.350 e. The molecule has 1 aromatic heterocycles. The van der Waals surface area contributed by atoms with Gasteiger partial charge in [-0.2, -0.15) is 0 Å². The molecule has 1 atom stereocenters. The molecular formula is C25H28ClN3O2. The Labute approximate surface area is 188 Å². The quantitative estimate of drug-likeness (QED) is 0.576. The summed E-state index contributed by atoms with van der Waals surface area (Å²) in [6, 6.07) is 18.9. The van der Waals surface area contributed by atoms with Crippen molar-refractivity contribution in [2.45, 2.75) is 25.9 Å². The average Bonchev–Trinajstić information content (AvgIpc) is 2.77. The highest BCUT2D eigenvalue weighted by atomic mass is 35.5. The number of nitrogens with one attached hydrogen (secondary N) is 1. The number of likely N-dealkylation sites (N-methyl/N-ethyl adjacent to an activating group) is 1. The third-order valence-corrected chi connectivity index (χ3v) is 5.76. The van der Waals surface area contributed by atoms with Crippen molar-refractivity contribution >= 4 is 17.5 Å². The highest BCUT2D eigenvalue weighted by molar-refractivity contribution is 6.31. The summed E-state index contributed by atoms with van der Waals surface area (Å²) in [5.74, 6) is -0.218. The topological polar surface area (TPSA) is 54.3 Å². The first-order valence-electron chi connectivity index (χ1n) is 10.4. The fourth-order valence-corrected chi connectivity index (χ4v) is 3.66. The first-order chi connectivity index (χ1) is 14.9. The van der Waals surface area contributed by atoms with Gasteiger partial charge in [-0.3, -0.25) is 9.59 Å². The summed E-state index contributed by atoms with van der Waals surface area (Å²) in [7, 11) is 3.99. The van der Waals surface area contributed by atoms with E-state index in [-0.39, 0.29) is 17.5 Å². The van der Waals surface area contributed by atoms with Crippen LogP contribution in [0.15, 0.2) is 71.7 Å². The minimum atomic E-state index is -0.218. The van der Waals surface area contributed by atoms with Crippen molar-refractivity contribution in [1.82, 2.24) is 14.8 Å². The molecule has 0 aliphatic heterocycles. The Morgan fingerprint density at radius 3 is 2.42 bits per heavy atom. The van der Waals surface area contributed by atoms with Gasteiger partial charge in [0.1, 0.15) is 0 Å². The number of benzene rings is 2. The van der Waals surface area contributed by atoms with Gasteiger partial charge < -0.3 is 14.8 Å². The number of aromatic nitrogens is 1. The SMILES string of the molecule is CCc1ccc(C(CNC(=O)c2ccc(=O)n(Cc3ccccc3Cl)c2)N(C)C)cc1. The van der Waals surface area contributed by atoms with Crippen molar-refractivity contribution in [1.29, 1.82) is 0 Å². The summed E-state index contributed by atoms with van der Waals surface area (Å²) in [5, 5.41) is 3.60. The van der Waals surface area contributed by atoms with E-state index >= 15 is 0 Å². The molecule has 0 bridgehead atoms. The third-order valence-electron chi connectivity index (χ3n) is 5.40. The second kappa shape index (κ2) is 10.4. The number of halogens is 1. The third kappa shape index (κ3) is 5.84. The summed E-state index contributed by atoms with van der Waals surface area (Å²) in [6.07, 6.45) is 2.58. The minimum Gasteiger partial charge on any atom is -0.350 e. The van der Waals surface area contributed by atoms with E-state index in [1.807, 2.05) is 32.3 Å². The Balaban J connectivity index is 1.73. The number of pyridine rings is 1. The summed E-state index contributed by atoms with van der Waals surface area (Å²) in [6.45, 7) is 2.90. The van der Waals surface area contributed by atoms with Gasteiger partial charge in [-0.05, 0) is 49.3 Å². The number of hydrogen-bond acceptors (Lipinski definition) is 3. The number of rotatable bonds is 8. The van der Waals surface area contributed by atoms with Crippen molar-refractivity contribution < 1.29 is 4.79 Å². The van der Waals surface area contributed by atoms with Crippen LogP contribution in [0.25, 0.3) is 0 Å². The Kier molecular flexibility index (Phi) is 7.66. The number of hydrogen-bond donors (Lipinski definition) is 1. The van der Waals surface area contributed by atoms with E-state index < -0.39 is 0 Å². The fourth-order valence-electron chi connectivity index (χ4n) is 3.46. The lowest BCUT2D eigenvalue weighted by molar-refractivity contribution is 0.0941. The fraction of sp³-hybridized carbons (Fsp3) is 0.280. The van der Waals surface area contributed by atoms with Gasteiger partial charge in [0.15, 0.2) is 0 Å². The standard InChI is InChI=1S/C25H28ClN3O2/c1-4-18-9-11-19(12-10-18)23(28(2)3)15-27-25(31)21-13-14-24(30)29(17-21)16-20-7-5-6-8-22(20)26/h5-14,17,23H,4,15-16H2,1-3H3,(H,27,31). The van der Waals surface area contributed by atoms with Crippen LogP contribution >= 0.6 is 11.6 Å². The van der Waals surface area contributed by atoms with Crippen molar-refractivity contribution in [2.24, 2.45) is 0 Å². The van der Waals surface area contributed by atoms with E-state index in [9.17, 15) is 9.59 Å². The number of carbonyl (C=O) groups excluding carboxylic acids is 1. The predicted molar refractivity (Wildman–Crippen MR) is 126 cm³/mol. The number of nitrogens with zero attached hydrogens (tertiary/aromatic N) is 2. The first kappa shape index (κ1) is 22.8. The molecule has 0 aliphatic carbocycles. The van der Waals surface area contributed by atoms with E-state index in [1.54, 1.807) is 18.3 Å². The number of aryl methyl sites for hydroxylation is 1. The first-order valence-corrected chi connectivity index (χ1v) is 10.7. The molecule has 162 valence electrons. The second-order valence-corrected chi connectivity index (χ2v) is 8.17. The lowest BCUT2D eigenvalue weighted by Crippen LogP contribution is -2.35. The van der Waals surface area contributed by atoms with E-state index in [0.29, 0.717) is 23.7 Å². The molecular weight excluding hydrogens is 410 g/mol. The Hall–Kier alpha value is -2.89. The van der Waals surface area contributed by atoms with Crippen LogP contribution in [0.1, 0.15) is 40.0 Å². The molecule has 0 saturated heterocycles. The maximum absolute atomic E-state index is 12.8. The van der Waals surface area contributed by atoms with Crippen LogP contribution in [0.4, 0.5) is 0 Å². The lowest BCUT2D eigenvalue weighted by atomic mass is 10.0. The normalized spacial score (nSPS) is 12.0. The molecule has 1 N–H and O–H groups in total. The molecule has 0 radical (unpaired) electrons. The van der Waals surface area contributed by atoms with Crippen molar-refractivity contribution in [3.05, 3.63) is 104 Å². The Morgan fingerprint density at radius 2 is 1.77 bits per heavy atom. The maximum Gasteiger partial charge on any atom is 0.252 e. The molecule has 0 aliphatic rings. The predicted octanol–water partition coefficient (Wildman–Crippen LogP) is 4.15. The molecule has 1 heterocycles. The molecule has 1 unspecified atom stereocenters. The van der Waals surface area contributed by atoms with E-state index in [2.05, 4.69) is 41.4 Å². The van der Waals surface area contributed by atoms with Crippen LogP contribution in [0.5, 0.6) is 0 Å². The second-order valence-electron chi connectivity index (χ2n) is 7.76. The molecule has 31 heavy (non-hydrogen) atoms. The van der Waals surface area contributed by atoms with Gasteiger partial charge in [0.2, 0.25) is 0 Å². The summed E-state index contributed by atoms with van der Waals surface area (Å²) < 4.78 is 1.50.